The van der Waals surface area contributed by atoms with Crippen molar-refractivity contribution in [1.82, 2.24) is 15.1 Å². The molecule has 0 saturated carbocycles. The van der Waals surface area contributed by atoms with E-state index < -0.39 is 0 Å². The predicted molar refractivity (Wildman–Crippen MR) is 97.4 cm³/mol. The zero-order chi connectivity index (χ0) is 17.8. The molecule has 4 aromatic rings. The zero-order valence-electron chi connectivity index (χ0n) is 13.7. The fourth-order valence-corrected chi connectivity index (χ4v) is 2.46. The molecule has 2 heterocycles. The van der Waals surface area contributed by atoms with Gasteiger partial charge >= 0.3 is 0 Å². The molecule has 0 aliphatic carbocycles. The lowest BCUT2D eigenvalue weighted by Gasteiger charge is -2.04. The number of benzene rings is 2. The summed E-state index contributed by atoms with van der Waals surface area (Å²) in [6, 6.07) is 21.9. The highest BCUT2D eigenvalue weighted by Crippen LogP contribution is 2.23. The summed E-state index contributed by atoms with van der Waals surface area (Å²) < 4.78 is 5.35. The molecule has 1 amide bonds. The monoisotopic (exact) mass is 342 g/mol. The van der Waals surface area contributed by atoms with Crippen LogP contribution in [-0.2, 0) is 0 Å². The lowest BCUT2D eigenvalue weighted by atomic mass is 10.1. The summed E-state index contributed by atoms with van der Waals surface area (Å²) in [6.45, 7) is 0. The first-order valence-corrected chi connectivity index (χ1v) is 8.01. The summed E-state index contributed by atoms with van der Waals surface area (Å²) in [5.41, 5.74) is 2.02. The van der Waals surface area contributed by atoms with Crippen LogP contribution in [0.2, 0.25) is 0 Å². The van der Waals surface area contributed by atoms with Crippen LogP contribution in [0.3, 0.4) is 0 Å². The van der Waals surface area contributed by atoms with Crippen molar-refractivity contribution in [2.45, 2.75) is 0 Å². The van der Waals surface area contributed by atoms with Gasteiger partial charge < -0.3 is 9.84 Å². The summed E-state index contributed by atoms with van der Waals surface area (Å²) in [5, 5.41) is 6.76. The minimum atomic E-state index is -0.256. The van der Waals surface area contributed by atoms with Gasteiger partial charge in [-0.25, -0.2) is 4.98 Å². The molecular weight excluding hydrogens is 328 g/mol. The highest BCUT2D eigenvalue weighted by atomic mass is 16.5. The molecule has 0 spiro atoms. The maximum atomic E-state index is 12.4. The molecule has 0 radical (unpaired) electrons. The van der Waals surface area contributed by atoms with Crippen molar-refractivity contribution in [2.75, 3.05) is 5.32 Å². The molecule has 0 bridgehead atoms. The summed E-state index contributed by atoms with van der Waals surface area (Å²) in [6.07, 6.45) is 1.62. The van der Waals surface area contributed by atoms with Crippen LogP contribution >= 0.6 is 0 Å². The number of pyridine rings is 1. The molecule has 0 aliphatic heterocycles. The fourth-order valence-electron chi connectivity index (χ4n) is 2.46. The predicted octanol–water partition coefficient (Wildman–Crippen LogP) is 4.05. The molecule has 0 fully saturated rings. The number of nitrogens with zero attached hydrogens (tertiary/aromatic N) is 3. The van der Waals surface area contributed by atoms with E-state index in [0.717, 1.165) is 5.56 Å². The minimum Gasteiger partial charge on any atom is -0.334 e. The van der Waals surface area contributed by atoms with E-state index in [0.29, 0.717) is 28.7 Å². The van der Waals surface area contributed by atoms with Crippen molar-refractivity contribution in [2.24, 2.45) is 0 Å². The Balaban J connectivity index is 1.58. The molecule has 2 aromatic carbocycles. The third kappa shape index (κ3) is 3.34. The molecule has 26 heavy (non-hydrogen) atoms. The summed E-state index contributed by atoms with van der Waals surface area (Å²) in [5.74, 6) is 1.10. The largest absolute Gasteiger partial charge is 0.334 e. The van der Waals surface area contributed by atoms with Crippen LogP contribution in [0.4, 0.5) is 5.82 Å². The van der Waals surface area contributed by atoms with Gasteiger partial charge in [-0.1, -0.05) is 47.6 Å². The molecule has 6 nitrogen and oxygen atoms in total. The molecule has 1 N–H and O–H groups in total. The molecule has 126 valence electrons. The number of hydrogen-bond acceptors (Lipinski definition) is 5. The molecule has 0 aliphatic rings. The third-order valence-electron chi connectivity index (χ3n) is 3.74. The van der Waals surface area contributed by atoms with Gasteiger partial charge in [0.2, 0.25) is 5.82 Å². The van der Waals surface area contributed by atoms with Gasteiger partial charge in [-0.05, 0) is 30.3 Å². The lowest BCUT2D eigenvalue weighted by Crippen LogP contribution is -2.12. The summed E-state index contributed by atoms with van der Waals surface area (Å²) >= 11 is 0. The lowest BCUT2D eigenvalue weighted by molar-refractivity contribution is 0.102. The Morgan fingerprint density at radius 2 is 1.69 bits per heavy atom. The van der Waals surface area contributed by atoms with Gasteiger partial charge in [0, 0.05) is 22.9 Å². The molecule has 0 saturated heterocycles. The number of carbonyl (C=O) groups excluding carboxylic acids is 1. The van der Waals surface area contributed by atoms with Crippen LogP contribution in [0.25, 0.3) is 22.8 Å². The van der Waals surface area contributed by atoms with Gasteiger partial charge in [0.25, 0.3) is 11.8 Å². The van der Waals surface area contributed by atoms with Gasteiger partial charge in [0.15, 0.2) is 0 Å². The van der Waals surface area contributed by atoms with E-state index in [-0.39, 0.29) is 5.91 Å². The Morgan fingerprint density at radius 3 is 2.50 bits per heavy atom. The number of nitrogens with one attached hydrogen (secondary N) is 1. The zero-order valence-corrected chi connectivity index (χ0v) is 13.7. The average Bonchev–Trinajstić information content (AvgIpc) is 3.20. The van der Waals surface area contributed by atoms with E-state index in [2.05, 4.69) is 20.4 Å². The fraction of sp³-hybridized carbons (Fsp3) is 0. The van der Waals surface area contributed by atoms with Crippen molar-refractivity contribution in [3.63, 3.8) is 0 Å². The number of amides is 1. The van der Waals surface area contributed by atoms with Crippen LogP contribution < -0.4 is 5.32 Å². The van der Waals surface area contributed by atoms with Crippen LogP contribution in [-0.4, -0.2) is 21.0 Å². The number of hydrogen-bond donors (Lipinski definition) is 1. The van der Waals surface area contributed by atoms with Crippen LogP contribution in [0.5, 0.6) is 0 Å². The first-order valence-electron chi connectivity index (χ1n) is 8.01. The number of anilines is 1. The molecule has 0 unspecified atom stereocenters. The van der Waals surface area contributed by atoms with E-state index >= 15 is 0 Å². The summed E-state index contributed by atoms with van der Waals surface area (Å²) in [4.78, 5) is 20.9. The first-order chi connectivity index (χ1) is 12.8. The van der Waals surface area contributed by atoms with Gasteiger partial charge in [0.05, 0.1) is 0 Å². The molecule has 2 aromatic heterocycles. The van der Waals surface area contributed by atoms with Crippen molar-refractivity contribution >= 4 is 11.7 Å². The Bertz CT molecular complexity index is 1030. The number of aromatic nitrogens is 3. The second-order valence-corrected chi connectivity index (χ2v) is 5.54. The molecule has 0 atom stereocenters. The maximum Gasteiger partial charge on any atom is 0.258 e. The van der Waals surface area contributed by atoms with Crippen molar-refractivity contribution in [1.29, 1.82) is 0 Å². The van der Waals surface area contributed by atoms with Crippen molar-refractivity contribution < 1.29 is 9.32 Å². The summed E-state index contributed by atoms with van der Waals surface area (Å²) in [7, 11) is 0. The Hall–Kier alpha value is -3.80. The standard InChI is InChI=1S/C20H14N4O2/c25-19(22-17-11-4-5-12-21-17)15-9-6-10-16(13-15)20-23-18(24-26-20)14-7-2-1-3-8-14/h1-13H,(H,21,22,25). The normalized spacial score (nSPS) is 10.5. The van der Waals surface area contributed by atoms with Gasteiger partial charge in [-0.2, -0.15) is 4.98 Å². The first kappa shape index (κ1) is 15.7. The maximum absolute atomic E-state index is 12.4. The van der Waals surface area contributed by atoms with Crippen LogP contribution in [0.15, 0.2) is 83.5 Å². The van der Waals surface area contributed by atoms with E-state index in [9.17, 15) is 4.79 Å². The Labute approximate surface area is 149 Å². The van der Waals surface area contributed by atoms with E-state index in [4.69, 9.17) is 4.52 Å². The number of rotatable bonds is 4. The van der Waals surface area contributed by atoms with Gasteiger partial charge in [-0.15, -0.1) is 0 Å². The Morgan fingerprint density at radius 1 is 0.885 bits per heavy atom. The average molecular weight is 342 g/mol. The topological polar surface area (TPSA) is 80.9 Å². The third-order valence-corrected chi connectivity index (χ3v) is 3.74. The quantitative estimate of drug-likeness (QED) is 0.605. The SMILES string of the molecule is O=C(Nc1ccccn1)c1cccc(-c2nc(-c3ccccc3)no2)c1. The Kier molecular flexibility index (Phi) is 4.22. The van der Waals surface area contributed by atoms with Crippen LogP contribution in [0.1, 0.15) is 10.4 Å². The van der Waals surface area contributed by atoms with Crippen molar-refractivity contribution in [3.05, 3.63) is 84.6 Å². The molecule has 6 heteroatoms. The molecule has 4 rings (SSSR count). The highest BCUT2D eigenvalue weighted by Gasteiger charge is 2.13. The van der Waals surface area contributed by atoms with Crippen molar-refractivity contribution in [3.8, 4) is 22.8 Å². The van der Waals surface area contributed by atoms with Gasteiger partial charge in [-0.3, -0.25) is 4.79 Å². The van der Waals surface area contributed by atoms with E-state index in [1.165, 1.54) is 0 Å². The second-order valence-electron chi connectivity index (χ2n) is 5.54. The smallest absolute Gasteiger partial charge is 0.258 e. The van der Waals surface area contributed by atoms with Gasteiger partial charge in [0.1, 0.15) is 5.82 Å². The molecular formula is C20H14N4O2. The highest BCUT2D eigenvalue weighted by molar-refractivity contribution is 6.04. The number of carbonyl (C=O) groups is 1. The second kappa shape index (κ2) is 6.98. The van der Waals surface area contributed by atoms with E-state index in [1.807, 2.05) is 42.5 Å². The minimum absolute atomic E-state index is 0.256. The van der Waals surface area contributed by atoms with E-state index in [1.54, 1.807) is 36.5 Å². The van der Waals surface area contributed by atoms with Crippen LogP contribution in [0, 0.1) is 0 Å².